The monoisotopic (exact) mass is 472 g/mol. The summed E-state index contributed by atoms with van der Waals surface area (Å²) in [6.45, 7) is 0. The summed E-state index contributed by atoms with van der Waals surface area (Å²) < 4.78 is 28.4. The van der Waals surface area contributed by atoms with Crippen molar-refractivity contribution in [2.75, 3.05) is 12.8 Å². The molecule has 5 rings (SSSR count). The number of hydrogen-bond donors (Lipinski definition) is 2. The van der Waals surface area contributed by atoms with Gasteiger partial charge in [-0.05, 0) is 24.3 Å². The lowest BCUT2D eigenvalue weighted by atomic mass is 10.1. The third-order valence-corrected chi connectivity index (χ3v) is 8.83. The molecule has 1 aliphatic rings. The first-order chi connectivity index (χ1) is 14.8. The van der Waals surface area contributed by atoms with E-state index >= 15 is 0 Å². The van der Waals surface area contributed by atoms with Crippen LogP contribution in [-0.2, 0) is 10.0 Å². The Bertz CT molecular complexity index is 1400. The van der Waals surface area contributed by atoms with Crippen LogP contribution in [0.2, 0.25) is 5.02 Å². The Morgan fingerprint density at radius 2 is 2.00 bits per heavy atom. The normalized spacial score (nSPS) is 18.3. The van der Waals surface area contributed by atoms with Gasteiger partial charge in [0.05, 0.1) is 32.9 Å². The highest BCUT2D eigenvalue weighted by Gasteiger charge is 2.35. The summed E-state index contributed by atoms with van der Waals surface area (Å²) in [5, 5.41) is 16.5. The van der Waals surface area contributed by atoms with Crippen LogP contribution in [0.5, 0.6) is 0 Å². The molecule has 0 aliphatic carbocycles. The number of halogens is 1. The smallest absolute Gasteiger partial charge is 0.239 e. The van der Waals surface area contributed by atoms with Gasteiger partial charge in [-0.25, -0.2) is 17.4 Å². The standard InChI is InChI=1S/C20H17ClN6O2S2/c1-26-20(22)25-15(11-31(26,28)29)19-16(21)14-7-9-23-17(18(14)30-19)12-3-5-13(6-4-12)27-10-2-8-24-27/h2-10,15H,11H2,1H3,(H2,22,25). The molecular formula is C20H17ClN6O2S2. The van der Waals surface area contributed by atoms with Gasteiger partial charge in [-0.3, -0.25) is 10.4 Å². The van der Waals surface area contributed by atoms with E-state index in [0.717, 1.165) is 31.3 Å². The largest absolute Gasteiger partial charge is 0.347 e. The van der Waals surface area contributed by atoms with E-state index in [0.29, 0.717) is 9.90 Å². The van der Waals surface area contributed by atoms with Crippen molar-refractivity contribution < 1.29 is 8.42 Å². The third kappa shape index (κ3) is 3.36. The number of benzene rings is 1. The topological polar surface area (TPSA) is 104 Å². The first-order valence-corrected chi connectivity index (χ1v) is 12.1. The van der Waals surface area contributed by atoms with Crippen LogP contribution in [0, 0.1) is 5.41 Å². The second-order valence-corrected chi connectivity index (χ2v) is 10.6. The maximum atomic E-state index is 12.4. The number of nitrogens with one attached hydrogen (secondary N) is 2. The van der Waals surface area contributed by atoms with Crippen molar-refractivity contribution in [2.24, 2.45) is 0 Å². The Balaban J connectivity index is 1.57. The van der Waals surface area contributed by atoms with Gasteiger partial charge in [0, 0.05) is 41.5 Å². The zero-order valence-corrected chi connectivity index (χ0v) is 18.7. The molecule has 1 saturated heterocycles. The summed E-state index contributed by atoms with van der Waals surface area (Å²) in [4.78, 5) is 5.25. The Morgan fingerprint density at radius 3 is 2.68 bits per heavy atom. The number of thiophene rings is 1. The summed E-state index contributed by atoms with van der Waals surface area (Å²) in [6.07, 6.45) is 5.30. The Morgan fingerprint density at radius 1 is 1.23 bits per heavy atom. The van der Waals surface area contributed by atoms with Crippen molar-refractivity contribution in [3.63, 3.8) is 0 Å². The van der Waals surface area contributed by atoms with Crippen LogP contribution in [0.25, 0.3) is 27.0 Å². The number of hydrogen-bond acceptors (Lipinski definition) is 6. The summed E-state index contributed by atoms with van der Waals surface area (Å²) in [5.41, 5.74) is 2.63. The lowest BCUT2D eigenvalue weighted by Crippen LogP contribution is -2.51. The van der Waals surface area contributed by atoms with Crippen molar-refractivity contribution >= 4 is 49.0 Å². The summed E-state index contributed by atoms with van der Waals surface area (Å²) in [6, 6.07) is 11.0. The quantitative estimate of drug-likeness (QED) is 0.473. The molecule has 158 valence electrons. The van der Waals surface area contributed by atoms with Gasteiger partial charge >= 0.3 is 0 Å². The highest BCUT2D eigenvalue weighted by Crippen LogP contribution is 2.43. The van der Waals surface area contributed by atoms with Crippen molar-refractivity contribution in [1.29, 1.82) is 5.41 Å². The fourth-order valence-electron chi connectivity index (χ4n) is 3.54. The second-order valence-electron chi connectivity index (χ2n) is 7.11. The number of pyridine rings is 1. The zero-order valence-electron chi connectivity index (χ0n) is 16.3. The van der Waals surface area contributed by atoms with Crippen LogP contribution >= 0.6 is 22.9 Å². The molecule has 0 saturated carbocycles. The van der Waals surface area contributed by atoms with Crippen LogP contribution in [0.4, 0.5) is 0 Å². The van der Waals surface area contributed by atoms with E-state index in [-0.39, 0.29) is 11.7 Å². The summed E-state index contributed by atoms with van der Waals surface area (Å²) in [7, 11) is -2.22. The summed E-state index contributed by atoms with van der Waals surface area (Å²) >= 11 is 8.08. The number of rotatable bonds is 3. The van der Waals surface area contributed by atoms with Crippen LogP contribution in [0.15, 0.2) is 55.0 Å². The Labute approximate surface area is 187 Å². The average Bonchev–Trinajstić information content (AvgIpc) is 3.40. The van der Waals surface area contributed by atoms with E-state index in [1.165, 1.54) is 18.4 Å². The fraction of sp³-hybridized carbons (Fsp3) is 0.150. The minimum absolute atomic E-state index is 0.167. The lowest BCUT2D eigenvalue weighted by Gasteiger charge is -2.31. The van der Waals surface area contributed by atoms with Crippen LogP contribution in [0.1, 0.15) is 10.9 Å². The van der Waals surface area contributed by atoms with E-state index in [2.05, 4.69) is 15.4 Å². The SMILES string of the molecule is CN1C(=N)NC(c2sc3c(-c4ccc(-n5cccn5)cc4)nccc3c2Cl)CS1(=O)=O. The molecule has 1 atom stereocenters. The molecule has 0 spiro atoms. The number of sulfonamides is 1. The van der Waals surface area contributed by atoms with Gasteiger partial charge < -0.3 is 5.32 Å². The molecule has 0 amide bonds. The number of guanidine groups is 1. The van der Waals surface area contributed by atoms with Crippen LogP contribution in [-0.4, -0.2) is 46.2 Å². The van der Waals surface area contributed by atoms with E-state index in [1.54, 1.807) is 17.1 Å². The fourth-order valence-corrected chi connectivity index (χ4v) is 6.58. The van der Waals surface area contributed by atoms with Crippen LogP contribution < -0.4 is 5.32 Å². The molecule has 8 nitrogen and oxygen atoms in total. The highest BCUT2D eigenvalue weighted by molar-refractivity contribution is 7.89. The first kappa shape index (κ1) is 20.0. The third-order valence-electron chi connectivity index (χ3n) is 5.22. The van der Waals surface area contributed by atoms with Gasteiger partial charge in [0.2, 0.25) is 16.0 Å². The van der Waals surface area contributed by atoms with Crippen LogP contribution in [0.3, 0.4) is 0 Å². The van der Waals surface area contributed by atoms with Gasteiger partial charge in [-0.2, -0.15) is 5.10 Å². The molecule has 1 unspecified atom stereocenters. The van der Waals surface area contributed by atoms with E-state index in [4.69, 9.17) is 17.0 Å². The molecule has 1 aliphatic heterocycles. The highest BCUT2D eigenvalue weighted by atomic mass is 35.5. The van der Waals surface area contributed by atoms with Crippen molar-refractivity contribution in [1.82, 2.24) is 24.4 Å². The van der Waals surface area contributed by atoms with Gasteiger partial charge in [0.1, 0.15) is 0 Å². The van der Waals surface area contributed by atoms with E-state index < -0.39 is 16.1 Å². The second kappa shape index (κ2) is 7.33. The maximum absolute atomic E-state index is 12.4. The molecule has 4 aromatic rings. The number of fused-ring (bicyclic) bond motifs is 1. The van der Waals surface area contributed by atoms with Crippen molar-refractivity contribution in [3.8, 4) is 16.9 Å². The molecular weight excluding hydrogens is 456 g/mol. The predicted octanol–water partition coefficient (Wildman–Crippen LogP) is 3.64. The predicted molar refractivity (Wildman–Crippen MR) is 122 cm³/mol. The number of nitrogens with zero attached hydrogens (tertiary/aromatic N) is 4. The average molecular weight is 473 g/mol. The minimum atomic E-state index is -3.58. The molecule has 31 heavy (non-hydrogen) atoms. The van der Waals surface area contributed by atoms with Gasteiger partial charge in [-0.15, -0.1) is 11.3 Å². The van der Waals surface area contributed by atoms with E-state index in [1.807, 2.05) is 42.6 Å². The zero-order chi connectivity index (χ0) is 21.8. The number of aromatic nitrogens is 3. The molecule has 0 radical (unpaired) electrons. The lowest BCUT2D eigenvalue weighted by molar-refractivity contribution is 0.508. The van der Waals surface area contributed by atoms with Crippen molar-refractivity contribution in [2.45, 2.75) is 6.04 Å². The molecule has 3 aromatic heterocycles. The van der Waals surface area contributed by atoms with Crippen molar-refractivity contribution in [3.05, 3.63) is 64.9 Å². The van der Waals surface area contributed by atoms with Gasteiger partial charge in [-0.1, -0.05) is 23.7 Å². The molecule has 2 N–H and O–H groups in total. The van der Waals surface area contributed by atoms with E-state index in [9.17, 15) is 8.42 Å². The summed E-state index contributed by atoms with van der Waals surface area (Å²) in [5.74, 6) is -0.336. The van der Waals surface area contributed by atoms with Gasteiger partial charge in [0.25, 0.3) is 0 Å². The molecule has 11 heteroatoms. The Kier molecular flexibility index (Phi) is 4.72. The maximum Gasteiger partial charge on any atom is 0.239 e. The Hall–Kier alpha value is -2.95. The first-order valence-electron chi connectivity index (χ1n) is 9.34. The molecule has 1 aromatic carbocycles. The molecule has 0 bridgehead atoms. The molecule has 4 heterocycles. The molecule has 1 fully saturated rings. The van der Waals surface area contributed by atoms with Gasteiger partial charge in [0.15, 0.2) is 0 Å². The minimum Gasteiger partial charge on any atom is -0.347 e.